The van der Waals surface area contributed by atoms with E-state index in [9.17, 15) is 0 Å². The summed E-state index contributed by atoms with van der Waals surface area (Å²) in [5, 5.41) is 7.16. The van der Waals surface area contributed by atoms with Crippen LogP contribution in [0.1, 0.15) is 160 Å². The molecular formula is C130H111NO9. The average molecular weight is 1830 g/mol. The van der Waals surface area contributed by atoms with Gasteiger partial charge in [-0.2, -0.15) is 0 Å². The van der Waals surface area contributed by atoms with Crippen LogP contribution in [0.4, 0.5) is 5.69 Å². The molecular weight excluding hydrogens is 1720 g/mol. The van der Waals surface area contributed by atoms with Gasteiger partial charge in [-0.05, 0) is 247 Å². The first-order chi connectivity index (χ1) is 68.8. The van der Waals surface area contributed by atoms with Crippen molar-refractivity contribution in [1.82, 2.24) is 0 Å². The average Bonchev–Trinajstić information content (AvgIpc) is 1.45. The molecule has 0 radical (unpaired) electrons. The minimum atomic E-state index is -0.895. The zero-order chi connectivity index (χ0) is 94.3. The third-order valence-corrected chi connectivity index (χ3v) is 33.1. The largest absolute Gasteiger partial charge is 0.497 e. The van der Waals surface area contributed by atoms with Gasteiger partial charge in [-0.25, -0.2) is 0 Å². The molecule has 2 spiro atoms. The highest BCUT2D eigenvalue weighted by atomic mass is 16.5. The first kappa shape index (κ1) is 86.5. The van der Waals surface area contributed by atoms with Crippen molar-refractivity contribution in [2.24, 2.45) is 17.3 Å². The maximum atomic E-state index is 7.69. The molecule has 4 aliphatic heterocycles. The molecule has 6 aliphatic carbocycles. The van der Waals surface area contributed by atoms with E-state index in [0.29, 0.717) is 11.3 Å². The summed E-state index contributed by atoms with van der Waals surface area (Å²) < 4.78 is 56.0. The number of anilines is 1. The monoisotopic (exact) mass is 1830 g/mol. The van der Waals surface area contributed by atoms with Crippen molar-refractivity contribution in [2.75, 3.05) is 66.8 Å². The van der Waals surface area contributed by atoms with E-state index in [1.165, 1.54) is 155 Å². The number of rotatable bonds is 14. The minimum Gasteiger partial charge on any atom is -0.497 e. The number of hydrogen-bond donors (Lipinski definition) is 0. The van der Waals surface area contributed by atoms with E-state index in [2.05, 4.69) is 346 Å². The number of hydrogen-bond acceptors (Lipinski definition) is 10. The molecule has 17 aromatic carbocycles. The zero-order valence-electron chi connectivity index (χ0n) is 80.2. The Morgan fingerprint density at radius 2 is 0.629 bits per heavy atom. The van der Waals surface area contributed by atoms with Gasteiger partial charge < -0.3 is 47.5 Å². The molecule has 140 heavy (non-hydrogen) atoms. The van der Waals surface area contributed by atoms with E-state index in [0.717, 1.165) is 141 Å². The highest BCUT2D eigenvalue weighted by Gasteiger charge is 2.60. The van der Waals surface area contributed by atoms with Crippen LogP contribution in [0.2, 0.25) is 0 Å². The van der Waals surface area contributed by atoms with Crippen molar-refractivity contribution in [1.29, 1.82) is 0 Å². The Bertz CT molecular complexity index is 7660. The van der Waals surface area contributed by atoms with Crippen LogP contribution >= 0.6 is 0 Å². The van der Waals surface area contributed by atoms with Crippen LogP contribution in [-0.4, -0.2) is 61.9 Å². The summed E-state index contributed by atoms with van der Waals surface area (Å²) in [4.78, 5) is 2.39. The highest BCUT2D eigenvalue weighted by Crippen LogP contribution is 2.71. The fourth-order valence-corrected chi connectivity index (χ4v) is 26.5. The van der Waals surface area contributed by atoms with E-state index >= 15 is 0 Å². The molecule has 3 saturated carbocycles. The summed E-state index contributed by atoms with van der Waals surface area (Å²) in [5.41, 5.74) is 27.5. The molecule has 0 amide bonds. The number of benzene rings is 17. The lowest BCUT2D eigenvalue weighted by Gasteiger charge is -2.44. The molecule has 690 valence electrons. The third-order valence-electron chi connectivity index (χ3n) is 33.1. The van der Waals surface area contributed by atoms with Gasteiger partial charge in [0.1, 0.15) is 46.0 Å². The maximum absolute atomic E-state index is 7.69. The predicted octanol–water partition coefficient (Wildman–Crippen LogP) is 29.8. The number of fused-ring (bicyclic) bond motifs is 31. The molecule has 4 fully saturated rings. The van der Waals surface area contributed by atoms with E-state index in [-0.39, 0.29) is 10.8 Å². The van der Waals surface area contributed by atoms with Gasteiger partial charge in [0, 0.05) is 95.8 Å². The zero-order valence-corrected chi connectivity index (χ0v) is 80.2. The van der Waals surface area contributed by atoms with E-state index < -0.39 is 22.2 Å². The molecule has 0 N–H and O–H groups in total. The molecule has 10 heteroatoms. The van der Waals surface area contributed by atoms with Crippen LogP contribution in [0.25, 0.3) is 83.9 Å². The van der Waals surface area contributed by atoms with Crippen LogP contribution in [0, 0.1) is 17.3 Å². The summed E-state index contributed by atoms with van der Waals surface area (Å²) in [7, 11) is 8.53. The summed E-state index contributed by atoms with van der Waals surface area (Å²) in [6.07, 6.45) is 23.9. The van der Waals surface area contributed by atoms with Gasteiger partial charge in [-0.1, -0.05) is 318 Å². The smallest absolute Gasteiger partial charge is 0.178 e. The molecule has 4 atom stereocenters. The normalized spacial score (nSPS) is 19.9. The summed E-state index contributed by atoms with van der Waals surface area (Å²) in [5.74, 6) is 8.42. The van der Waals surface area contributed by atoms with Gasteiger partial charge in [-0.15, -0.1) is 0 Å². The van der Waals surface area contributed by atoms with Crippen molar-refractivity contribution >= 4 is 56.2 Å². The van der Waals surface area contributed by atoms with E-state index in [1.807, 2.05) is 60.7 Å². The summed E-state index contributed by atoms with van der Waals surface area (Å²) >= 11 is 0. The SMILES string of the molecule is COc1ccc(C2(c3ccc(N4CCOCC4)cc3)C=Cc3c4c(c5ccccc5c3O2)-c2ccccc2C4(c2ccccc2)c2ccccc2)cc1.COc1ccc(C2(c3ccc(OC)cc3)C=Cc3c4c(c5ccccc5c3O2)-c2ccccc2C42CC3CCC2C3)cc1.COc1ccc(C2(c3ccc(OC)cc3)C=Cc3c4c(c5ccccc5c3O2)-c2ccccc2C42CCC(C)(C)CC2)cc1. The molecule has 4 heterocycles. The fourth-order valence-electron chi connectivity index (χ4n) is 26.5. The number of methoxy groups -OCH3 is 5. The lowest BCUT2D eigenvalue weighted by atomic mass is 9.60. The molecule has 10 nitrogen and oxygen atoms in total. The first-order valence-electron chi connectivity index (χ1n) is 49.8. The second-order valence-electron chi connectivity index (χ2n) is 40.3. The van der Waals surface area contributed by atoms with Gasteiger partial charge in [0.05, 0.1) is 54.2 Å². The molecule has 27 rings (SSSR count). The van der Waals surface area contributed by atoms with Gasteiger partial charge in [0.15, 0.2) is 16.8 Å². The van der Waals surface area contributed by atoms with Crippen LogP contribution in [0.15, 0.2) is 370 Å². The van der Waals surface area contributed by atoms with E-state index in [4.69, 9.17) is 42.6 Å². The Hall–Kier alpha value is -15.1. The Kier molecular flexibility index (Phi) is 21.0. The second-order valence-corrected chi connectivity index (χ2v) is 40.3. The quantitative estimate of drug-likeness (QED) is 0.105. The van der Waals surface area contributed by atoms with Crippen molar-refractivity contribution in [3.63, 3.8) is 0 Å². The van der Waals surface area contributed by atoms with E-state index in [1.54, 1.807) is 35.5 Å². The van der Waals surface area contributed by atoms with Gasteiger partial charge >= 0.3 is 0 Å². The van der Waals surface area contributed by atoms with Crippen molar-refractivity contribution in [3.05, 3.63) is 465 Å². The van der Waals surface area contributed by atoms with Crippen molar-refractivity contribution < 1.29 is 42.6 Å². The van der Waals surface area contributed by atoms with Crippen LogP contribution in [-0.2, 0) is 37.8 Å². The maximum Gasteiger partial charge on any atom is 0.178 e. The van der Waals surface area contributed by atoms with Crippen LogP contribution in [0.3, 0.4) is 0 Å². The molecule has 10 aliphatic rings. The standard InChI is InChI=1S/C49H39NO3.C41H38O3.C40H34O3/c1-51-39-26-22-35(23-27-39)48(34-20-24-38(25-21-34)50-30-32-52-33-31-50)29-28-43-46-45(40-16-8-9-17-41(40)47(43)53-48)42-18-10-11-19-44(42)49(46,36-12-4-2-5-13-36)37-14-6-3-7-15-37;1-39(2)23-25-40(26-24-39)35-12-8-7-11-33(35)36-31-9-5-6-10-32(31)38-34(37(36)40)21-22-41(44-38,27-13-17-29(42-3)18-14-27)28-15-19-30(43-4)20-16-28;1-41-29-17-13-26(14-18-29)40(27-15-19-30(42-2)20-16-27)22-21-34-37-36(31-7-3-4-8-32(31)38(34)43-40)33-9-5-6-10-35(33)39(37)24-25-11-12-28(39)23-25/h2-29H,30-33H2,1H3;5-22H,23-26H2,1-4H3;3-10,13-22,25,28H,11-12,23-24H2,1-2H3. The Balaban J connectivity index is 0.000000112. The first-order valence-corrected chi connectivity index (χ1v) is 49.8. The lowest BCUT2D eigenvalue weighted by Crippen LogP contribution is -2.37. The van der Waals surface area contributed by atoms with Crippen molar-refractivity contribution in [2.45, 2.75) is 98.3 Å². The van der Waals surface area contributed by atoms with Crippen LogP contribution < -0.4 is 42.8 Å². The minimum absolute atomic E-state index is 0.0243. The van der Waals surface area contributed by atoms with Crippen LogP contribution in [0.5, 0.6) is 46.0 Å². The highest BCUT2D eigenvalue weighted by molar-refractivity contribution is 6.12. The molecule has 17 aromatic rings. The second kappa shape index (κ2) is 33.9. The van der Waals surface area contributed by atoms with Gasteiger partial charge in [0.25, 0.3) is 0 Å². The fraction of sp³-hybridized carbons (Fsp3) is 0.215. The molecule has 2 bridgehead atoms. The van der Waals surface area contributed by atoms with Crippen molar-refractivity contribution in [3.8, 4) is 79.4 Å². The summed E-state index contributed by atoms with van der Waals surface area (Å²) in [6, 6.07) is 126. The number of nitrogens with zero attached hydrogens (tertiary/aromatic N) is 1. The number of morpholine rings is 1. The lowest BCUT2D eigenvalue weighted by molar-refractivity contribution is 0.122. The topological polar surface area (TPSA) is 86.3 Å². The molecule has 4 unspecified atom stereocenters. The number of ether oxygens (including phenoxy) is 9. The Morgan fingerprint density at radius 1 is 0.300 bits per heavy atom. The molecule has 0 aromatic heterocycles. The Labute approximate surface area is 819 Å². The molecule has 1 saturated heterocycles. The predicted molar refractivity (Wildman–Crippen MR) is 565 cm³/mol. The van der Waals surface area contributed by atoms with Gasteiger partial charge in [-0.3, -0.25) is 0 Å². The Morgan fingerprint density at radius 3 is 1.02 bits per heavy atom. The summed E-state index contributed by atoms with van der Waals surface area (Å²) in [6.45, 7) is 8.12. The van der Waals surface area contributed by atoms with Gasteiger partial charge in [0.2, 0.25) is 0 Å². The third kappa shape index (κ3) is 13.2.